The quantitative estimate of drug-likeness (QED) is 0.580. The zero-order valence-electron chi connectivity index (χ0n) is 10.2. The second-order valence-electron chi connectivity index (χ2n) is 4.95. The first-order valence-corrected chi connectivity index (χ1v) is 6.08. The topological polar surface area (TPSA) is 3.24 Å². The van der Waals surface area contributed by atoms with Crippen molar-refractivity contribution in [3.8, 4) is 0 Å². The molecule has 84 valence electrons. The van der Waals surface area contributed by atoms with E-state index in [1.807, 2.05) is 0 Å². The van der Waals surface area contributed by atoms with Crippen molar-refractivity contribution in [1.29, 1.82) is 0 Å². The first-order valence-electron chi connectivity index (χ1n) is 5.22. The number of hydrogen-bond donors (Lipinski definition) is 1. The van der Waals surface area contributed by atoms with Gasteiger partial charge in [-0.25, -0.2) is 0 Å². The number of thiol groups is 1. The van der Waals surface area contributed by atoms with Gasteiger partial charge in [0, 0.05) is 11.1 Å². The van der Waals surface area contributed by atoms with E-state index in [-0.39, 0.29) is 11.1 Å². The summed E-state index contributed by atoms with van der Waals surface area (Å²) in [5.74, 6) is 0. The number of nitrogens with zero attached hydrogens (tertiary/aromatic N) is 1. The first kappa shape index (κ1) is 14.2. The van der Waals surface area contributed by atoms with Crippen molar-refractivity contribution in [2.45, 2.75) is 65.5 Å². The average Bonchev–Trinajstić information content (AvgIpc) is 2.02. The van der Waals surface area contributed by atoms with Gasteiger partial charge in [-0.05, 0) is 40.5 Å². The molecule has 0 aliphatic heterocycles. The van der Waals surface area contributed by atoms with E-state index in [0.29, 0.717) is 4.32 Å². The lowest BCUT2D eigenvalue weighted by Gasteiger charge is -2.49. The van der Waals surface area contributed by atoms with Crippen LogP contribution in [0.25, 0.3) is 0 Å². The predicted octanol–water partition coefficient (Wildman–Crippen LogP) is 3.88. The molecule has 0 aliphatic carbocycles. The summed E-state index contributed by atoms with van der Waals surface area (Å²) < 4.78 is 0.698. The van der Waals surface area contributed by atoms with Crippen LogP contribution in [0.15, 0.2) is 0 Å². The van der Waals surface area contributed by atoms with Gasteiger partial charge in [-0.2, -0.15) is 0 Å². The van der Waals surface area contributed by atoms with E-state index < -0.39 is 0 Å². The van der Waals surface area contributed by atoms with Crippen LogP contribution in [-0.2, 0) is 0 Å². The van der Waals surface area contributed by atoms with E-state index in [9.17, 15) is 0 Å². The Morgan fingerprint density at radius 1 is 1.07 bits per heavy atom. The van der Waals surface area contributed by atoms with Crippen LogP contribution in [0.4, 0.5) is 0 Å². The fraction of sp³-hybridized carbons (Fsp3) is 0.909. The Labute approximate surface area is 99.7 Å². The third-order valence-electron chi connectivity index (χ3n) is 3.13. The molecule has 0 N–H and O–H groups in total. The highest BCUT2D eigenvalue weighted by molar-refractivity contribution is 8.10. The molecule has 0 atom stereocenters. The Balaban J connectivity index is 5.06. The van der Waals surface area contributed by atoms with Crippen LogP contribution in [0, 0.1) is 0 Å². The summed E-state index contributed by atoms with van der Waals surface area (Å²) >= 11 is 9.58. The van der Waals surface area contributed by atoms with Crippen molar-refractivity contribution in [3.63, 3.8) is 0 Å². The van der Waals surface area contributed by atoms with Crippen LogP contribution >= 0.6 is 24.8 Å². The van der Waals surface area contributed by atoms with E-state index in [4.69, 9.17) is 12.2 Å². The summed E-state index contributed by atoms with van der Waals surface area (Å²) in [4.78, 5) is 2.25. The summed E-state index contributed by atoms with van der Waals surface area (Å²) in [6, 6.07) is 0. The fourth-order valence-electron chi connectivity index (χ4n) is 1.65. The maximum atomic E-state index is 5.24. The van der Waals surface area contributed by atoms with E-state index in [1.54, 1.807) is 0 Å². The smallest absolute Gasteiger partial charge is 0.134 e. The minimum Gasteiger partial charge on any atom is -0.348 e. The van der Waals surface area contributed by atoms with Crippen LogP contribution in [0.3, 0.4) is 0 Å². The van der Waals surface area contributed by atoms with Gasteiger partial charge in [0.2, 0.25) is 0 Å². The molecular formula is C11H23NS2. The standard InChI is InChI=1S/C11H23NS2/c1-7-10(3,4)12(9(13)14)11(5,6)8-2/h7-8H2,1-6H3,(H,13,14). The van der Waals surface area contributed by atoms with E-state index in [2.05, 4.69) is 59.1 Å². The summed E-state index contributed by atoms with van der Waals surface area (Å²) in [5.41, 5.74) is 0.163. The van der Waals surface area contributed by atoms with E-state index in [1.165, 1.54) is 0 Å². The normalized spacial score (nSPS) is 12.8. The minimum absolute atomic E-state index is 0.0817. The van der Waals surface area contributed by atoms with Gasteiger partial charge in [0.25, 0.3) is 0 Å². The van der Waals surface area contributed by atoms with Gasteiger partial charge in [0.1, 0.15) is 4.32 Å². The van der Waals surface area contributed by atoms with E-state index in [0.717, 1.165) is 12.8 Å². The van der Waals surface area contributed by atoms with Gasteiger partial charge in [0.15, 0.2) is 0 Å². The maximum absolute atomic E-state index is 5.24. The molecule has 0 unspecified atom stereocenters. The zero-order valence-corrected chi connectivity index (χ0v) is 11.9. The molecule has 0 aliphatic rings. The van der Waals surface area contributed by atoms with Crippen LogP contribution in [0.5, 0.6) is 0 Å². The van der Waals surface area contributed by atoms with Gasteiger partial charge in [0.05, 0.1) is 0 Å². The van der Waals surface area contributed by atoms with Crippen LogP contribution in [0.1, 0.15) is 54.4 Å². The predicted molar refractivity (Wildman–Crippen MR) is 72.2 cm³/mol. The molecule has 0 aromatic carbocycles. The molecule has 0 rings (SSSR count). The molecular weight excluding hydrogens is 210 g/mol. The third kappa shape index (κ3) is 3.13. The van der Waals surface area contributed by atoms with Crippen LogP contribution in [0.2, 0.25) is 0 Å². The Bertz CT molecular complexity index is 193. The Hall–Kier alpha value is 0.240. The van der Waals surface area contributed by atoms with Crippen molar-refractivity contribution in [3.05, 3.63) is 0 Å². The molecule has 0 amide bonds. The summed E-state index contributed by atoms with van der Waals surface area (Å²) in [7, 11) is 0. The van der Waals surface area contributed by atoms with Gasteiger partial charge in [-0.15, -0.1) is 12.6 Å². The van der Waals surface area contributed by atoms with Crippen molar-refractivity contribution >= 4 is 29.2 Å². The van der Waals surface area contributed by atoms with Crippen molar-refractivity contribution < 1.29 is 0 Å². The molecule has 3 heteroatoms. The van der Waals surface area contributed by atoms with Crippen molar-refractivity contribution in [1.82, 2.24) is 4.90 Å². The lowest BCUT2D eigenvalue weighted by atomic mass is 9.90. The zero-order chi connectivity index (χ0) is 11.6. The Morgan fingerprint density at radius 3 is 1.50 bits per heavy atom. The van der Waals surface area contributed by atoms with Gasteiger partial charge < -0.3 is 4.90 Å². The molecule has 14 heavy (non-hydrogen) atoms. The van der Waals surface area contributed by atoms with Gasteiger partial charge in [-0.3, -0.25) is 0 Å². The molecule has 1 nitrogen and oxygen atoms in total. The van der Waals surface area contributed by atoms with E-state index >= 15 is 0 Å². The van der Waals surface area contributed by atoms with Gasteiger partial charge >= 0.3 is 0 Å². The molecule has 0 aromatic heterocycles. The largest absolute Gasteiger partial charge is 0.348 e. The first-order chi connectivity index (χ1) is 6.19. The molecule has 0 spiro atoms. The molecule has 0 bridgehead atoms. The molecule has 0 radical (unpaired) electrons. The highest BCUT2D eigenvalue weighted by atomic mass is 32.1. The third-order valence-corrected chi connectivity index (χ3v) is 3.51. The second-order valence-corrected chi connectivity index (χ2v) is 6.06. The number of rotatable bonds is 4. The average molecular weight is 233 g/mol. The molecule has 0 aromatic rings. The SMILES string of the molecule is CCC(C)(C)N(C(=S)S)C(C)(C)CC. The van der Waals surface area contributed by atoms with Crippen molar-refractivity contribution in [2.24, 2.45) is 0 Å². The van der Waals surface area contributed by atoms with Gasteiger partial charge in [-0.1, -0.05) is 26.1 Å². The molecule has 0 saturated carbocycles. The number of hydrogen-bond acceptors (Lipinski definition) is 1. The lowest BCUT2D eigenvalue weighted by Crippen LogP contribution is -2.56. The summed E-state index contributed by atoms with van der Waals surface area (Å²) in [6.45, 7) is 13.2. The highest BCUT2D eigenvalue weighted by Crippen LogP contribution is 2.31. The highest BCUT2D eigenvalue weighted by Gasteiger charge is 2.36. The lowest BCUT2D eigenvalue weighted by molar-refractivity contribution is 0.0959. The van der Waals surface area contributed by atoms with Crippen molar-refractivity contribution in [2.75, 3.05) is 0 Å². The maximum Gasteiger partial charge on any atom is 0.134 e. The molecule has 0 saturated heterocycles. The minimum atomic E-state index is 0.0817. The molecule has 0 fully saturated rings. The Morgan fingerprint density at radius 2 is 1.36 bits per heavy atom. The Kier molecular flexibility index (Phi) is 4.93. The second kappa shape index (κ2) is 4.84. The van der Waals surface area contributed by atoms with Crippen LogP contribution < -0.4 is 0 Å². The monoisotopic (exact) mass is 233 g/mol. The molecule has 0 heterocycles. The summed E-state index contributed by atoms with van der Waals surface area (Å²) in [5, 5.41) is 0. The number of thiocarbonyl (C=S) groups is 1. The summed E-state index contributed by atoms with van der Waals surface area (Å²) in [6.07, 6.45) is 2.13. The fourth-order valence-corrected chi connectivity index (χ4v) is 2.69. The van der Waals surface area contributed by atoms with Crippen LogP contribution in [-0.4, -0.2) is 20.3 Å².